The van der Waals surface area contributed by atoms with E-state index in [4.69, 9.17) is 15.2 Å². The van der Waals surface area contributed by atoms with Gasteiger partial charge in [-0.2, -0.15) is 13.2 Å². The van der Waals surface area contributed by atoms with Crippen molar-refractivity contribution < 1.29 is 32.0 Å². The van der Waals surface area contributed by atoms with Gasteiger partial charge in [-0.1, -0.05) is 19.1 Å². The van der Waals surface area contributed by atoms with Gasteiger partial charge in [0, 0.05) is 6.04 Å². The van der Waals surface area contributed by atoms with Crippen LogP contribution in [0.5, 0.6) is 0 Å². The van der Waals surface area contributed by atoms with E-state index in [-0.39, 0.29) is 18.8 Å². The normalized spacial score (nSPS) is 15.5. The molecule has 0 unspecified atom stereocenters. The Kier molecular flexibility index (Phi) is 9.94. The van der Waals surface area contributed by atoms with Gasteiger partial charge in [-0.3, -0.25) is 9.36 Å². The first-order valence-corrected chi connectivity index (χ1v) is 14.6. The Balaban J connectivity index is 1.78. The van der Waals surface area contributed by atoms with Crippen LogP contribution in [0.15, 0.2) is 36.9 Å². The highest BCUT2D eigenvalue weighted by Crippen LogP contribution is 2.42. The molecule has 0 radical (unpaired) electrons. The van der Waals surface area contributed by atoms with Crippen molar-refractivity contribution in [1.82, 2.24) is 29.7 Å². The average molecular weight is 586 g/mol. The van der Waals surface area contributed by atoms with E-state index in [9.17, 15) is 22.5 Å². The van der Waals surface area contributed by atoms with Crippen molar-refractivity contribution in [3.05, 3.63) is 48.0 Å². The molecule has 0 saturated carbocycles. The monoisotopic (exact) mass is 585 g/mol. The number of carbonyl (C=O) groups is 1. The quantitative estimate of drug-likeness (QED) is 0.191. The minimum absolute atomic E-state index is 0.199. The Morgan fingerprint density at radius 1 is 1.15 bits per heavy atom. The van der Waals surface area contributed by atoms with Crippen LogP contribution in [0.25, 0.3) is 11.2 Å². The van der Waals surface area contributed by atoms with Gasteiger partial charge in [-0.15, -0.1) is 0 Å². The number of ether oxygens (including phenoxy) is 2. The number of nitrogens with two attached hydrogens (primary N) is 1. The number of hydrogen-bond donors (Lipinski definition) is 3. The number of hydrogen-bond acceptors (Lipinski definition) is 8. The van der Waals surface area contributed by atoms with Gasteiger partial charge in [0.15, 0.2) is 11.5 Å². The number of halogens is 3. The number of aromatic nitrogens is 4. The summed E-state index contributed by atoms with van der Waals surface area (Å²) < 4.78 is 66.1. The van der Waals surface area contributed by atoms with Crippen LogP contribution in [0.2, 0.25) is 0 Å². The molecule has 0 aliphatic carbocycles. The molecule has 0 fully saturated rings. The van der Waals surface area contributed by atoms with E-state index in [1.54, 1.807) is 24.7 Å². The predicted octanol–water partition coefficient (Wildman–Crippen LogP) is 4.66. The molecule has 0 aliphatic heterocycles. The second kappa shape index (κ2) is 12.6. The van der Waals surface area contributed by atoms with Crippen LogP contribution < -0.4 is 15.9 Å². The van der Waals surface area contributed by atoms with E-state index in [0.717, 1.165) is 12.1 Å². The molecule has 2 heterocycles. The number of imidazole rings is 1. The first-order chi connectivity index (χ1) is 18.6. The first kappa shape index (κ1) is 31.5. The molecule has 220 valence electrons. The van der Waals surface area contributed by atoms with Gasteiger partial charge in [0.05, 0.1) is 31.1 Å². The maximum atomic E-state index is 14.2. The van der Waals surface area contributed by atoms with Gasteiger partial charge in [0.1, 0.15) is 23.7 Å². The third-order valence-electron chi connectivity index (χ3n) is 5.97. The molecule has 0 saturated heterocycles. The number of carbonyl (C=O) groups excluding carboxylic acids is 1. The van der Waals surface area contributed by atoms with Gasteiger partial charge >= 0.3 is 12.1 Å². The number of anilines is 1. The van der Waals surface area contributed by atoms with Crippen LogP contribution in [-0.4, -0.2) is 50.1 Å². The molecule has 0 aliphatic rings. The van der Waals surface area contributed by atoms with Crippen molar-refractivity contribution >= 4 is 30.4 Å². The second-order valence-electron chi connectivity index (χ2n) is 10.0. The molecular weight excluding hydrogens is 550 g/mol. The zero-order valence-corrected chi connectivity index (χ0v) is 23.9. The molecule has 0 amide bonds. The maximum absolute atomic E-state index is 14.2. The number of nitrogens with one attached hydrogen (secondary N) is 2. The lowest BCUT2D eigenvalue weighted by atomic mass is 10.1. The smallest absolute Gasteiger partial charge is 0.416 e. The molecule has 1 aromatic carbocycles. The van der Waals surface area contributed by atoms with Gasteiger partial charge in [-0.05, 0) is 51.8 Å². The topological polar surface area (TPSA) is 146 Å². The maximum Gasteiger partial charge on any atom is 0.416 e. The van der Waals surface area contributed by atoms with E-state index in [1.165, 1.54) is 32.3 Å². The van der Waals surface area contributed by atoms with E-state index < -0.39 is 42.8 Å². The summed E-state index contributed by atoms with van der Waals surface area (Å²) >= 11 is 0. The largest absolute Gasteiger partial charge is 0.464 e. The SMILES string of the molecule is CCCOC(=O)C(C)(C)N[P@@](=O)(CO[C@H](C)Cn1cnc2c(N)ncnc21)N[C@H](C)c1ccc(C(F)(F)F)cc1. The Morgan fingerprint density at radius 2 is 1.82 bits per heavy atom. The zero-order chi connectivity index (χ0) is 29.7. The summed E-state index contributed by atoms with van der Waals surface area (Å²) in [6.45, 7) is 8.84. The summed E-state index contributed by atoms with van der Waals surface area (Å²) in [7, 11) is -3.71. The lowest BCUT2D eigenvalue weighted by Crippen LogP contribution is -2.49. The highest BCUT2D eigenvalue weighted by Gasteiger charge is 2.38. The van der Waals surface area contributed by atoms with Crippen molar-refractivity contribution in [1.29, 1.82) is 0 Å². The fourth-order valence-corrected chi connectivity index (χ4v) is 6.35. The van der Waals surface area contributed by atoms with Crippen molar-refractivity contribution in [2.24, 2.45) is 0 Å². The number of alkyl halides is 3. The number of benzene rings is 1. The fourth-order valence-electron chi connectivity index (χ4n) is 3.92. The molecule has 0 bridgehead atoms. The van der Waals surface area contributed by atoms with Crippen LogP contribution in [0.1, 0.15) is 58.2 Å². The molecular formula is C25H35F3N7O4P. The Bertz CT molecular complexity index is 1350. The van der Waals surface area contributed by atoms with E-state index in [0.29, 0.717) is 29.7 Å². The standard InChI is InChI=1S/C25H35F3N7O4P/c1-6-11-38-23(36)24(4,5)34-40(37,33-17(3)18-7-9-19(10-8-18)25(26,27)28)15-39-16(2)12-35-14-32-20-21(29)30-13-31-22(20)35/h7-10,13-14,16-17H,6,11-12,15H2,1-5H3,(H2,29,30,31)(H2,33,34,37)/t16-,17-,40-/m1/s1. The van der Waals surface area contributed by atoms with Gasteiger partial charge in [0.25, 0.3) is 0 Å². The van der Waals surface area contributed by atoms with Gasteiger partial charge < -0.3 is 19.8 Å². The third kappa shape index (κ3) is 8.00. The molecule has 40 heavy (non-hydrogen) atoms. The summed E-state index contributed by atoms with van der Waals surface area (Å²) in [5, 5.41) is 5.84. The molecule has 3 aromatic rings. The number of rotatable bonds is 13. The number of esters is 1. The number of fused-ring (bicyclic) bond motifs is 1. The Labute approximate surface area is 230 Å². The highest BCUT2D eigenvalue weighted by molar-refractivity contribution is 7.59. The lowest BCUT2D eigenvalue weighted by molar-refractivity contribution is -0.149. The van der Waals surface area contributed by atoms with E-state index in [1.807, 2.05) is 6.92 Å². The van der Waals surface area contributed by atoms with E-state index >= 15 is 0 Å². The number of nitrogens with zero attached hydrogens (tertiary/aromatic N) is 4. The fraction of sp³-hybridized carbons (Fsp3) is 0.520. The zero-order valence-electron chi connectivity index (χ0n) is 23.0. The van der Waals surface area contributed by atoms with Crippen molar-refractivity contribution in [3.63, 3.8) is 0 Å². The van der Waals surface area contributed by atoms with Crippen molar-refractivity contribution in [2.75, 3.05) is 18.7 Å². The minimum atomic E-state index is -4.47. The van der Waals surface area contributed by atoms with Crippen LogP contribution in [0.3, 0.4) is 0 Å². The van der Waals surface area contributed by atoms with E-state index in [2.05, 4.69) is 25.1 Å². The Hall–Kier alpha value is -3.06. The summed E-state index contributed by atoms with van der Waals surface area (Å²) in [5.74, 6) is -0.363. The molecule has 15 heteroatoms. The van der Waals surface area contributed by atoms with Crippen LogP contribution >= 0.6 is 7.44 Å². The summed E-state index contributed by atoms with van der Waals surface area (Å²) in [4.78, 5) is 25.0. The van der Waals surface area contributed by atoms with Crippen LogP contribution in [0.4, 0.5) is 19.0 Å². The first-order valence-electron chi connectivity index (χ1n) is 12.7. The molecule has 0 spiro atoms. The van der Waals surface area contributed by atoms with Gasteiger partial charge in [-0.25, -0.2) is 25.1 Å². The molecule has 11 nitrogen and oxygen atoms in total. The molecule has 2 aromatic heterocycles. The predicted molar refractivity (Wildman–Crippen MR) is 144 cm³/mol. The highest BCUT2D eigenvalue weighted by atomic mass is 31.2. The summed E-state index contributed by atoms with van der Waals surface area (Å²) in [5.41, 5.74) is 5.12. The molecule has 4 N–H and O–H groups in total. The summed E-state index contributed by atoms with van der Waals surface area (Å²) in [6, 6.07) is 3.89. The third-order valence-corrected chi connectivity index (χ3v) is 8.21. The van der Waals surface area contributed by atoms with Crippen LogP contribution in [0, 0.1) is 0 Å². The molecule has 3 rings (SSSR count). The Morgan fingerprint density at radius 3 is 2.45 bits per heavy atom. The van der Waals surface area contributed by atoms with Crippen molar-refractivity contribution in [3.8, 4) is 0 Å². The van der Waals surface area contributed by atoms with Gasteiger partial charge in [0.2, 0.25) is 7.44 Å². The molecule has 3 atom stereocenters. The second-order valence-corrected chi connectivity index (χ2v) is 12.2. The van der Waals surface area contributed by atoms with Crippen molar-refractivity contribution in [2.45, 2.75) is 71.4 Å². The summed E-state index contributed by atoms with van der Waals surface area (Å²) in [6.07, 6.45) is -1.81. The van der Waals surface area contributed by atoms with Crippen LogP contribution in [-0.2, 0) is 31.6 Å². The number of nitrogen functional groups attached to an aromatic ring is 1. The lowest BCUT2D eigenvalue weighted by Gasteiger charge is -2.33. The minimum Gasteiger partial charge on any atom is -0.464 e. The average Bonchev–Trinajstić information content (AvgIpc) is 3.29.